The minimum atomic E-state index is -3.97. The molecule has 0 aromatic heterocycles. The Kier molecular flexibility index (Phi) is 7.34. The largest absolute Gasteiger partial charge is 0.497 e. The molecule has 33 heavy (non-hydrogen) atoms. The summed E-state index contributed by atoms with van der Waals surface area (Å²) < 4.78 is 38.0. The zero-order valence-electron chi connectivity index (χ0n) is 18.4. The lowest BCUT2D eigenvalue weighted by Crippen LogP contribution is -2.22. The molecule has 9 heteroatoms. The molecule has 8 nitrogen and oxygen atoms in total. The SMILES string of the molecule is COc1ccc(S(=O)(=O)Nc2ccccc2C(=O)OCC(=O)Nc2ccc(C)cc2C)cc1. The molecule has 172 valence electrons. The summed E-state index contributed by atoms with van der Waals surface area (Å²) in [6.45, 7) is 3.28. The average Bonchev–Trinajstić information content (AvgIpc) is 2.79. The molecular formula is C24H24N2O6S. The summed E-state index contributed by atoms with van der Waals surface area (Å²) in [5.74, 6) is -0.831. The molecule has 0 aliphatic carbocycles. The Morgan fingerprint density at radius 3 is 2.27 bits per heavy atom. The molecule has 3 aromatic rings. The summed E-state index contributed by atoms with van der Waals surface area (Å²) in [7, 11) is -2.49. The molecule has 0 spiro atoms. The van der Waals surface area contributed by atoms with Crippen LogP contribution in [0.25, 0.3) is 0 Å². The van der Waals surface area contributed by atoms with Crippen molar-refractivity contribution >= 4 is 33.3 Å². The van der Waals surface area contributed by atoms with Crippen LogP contribution in [0.2, 0.25) is 0 Å². The minimum absolute atomic E-state index is 0.000633. The molecule has 0 saturated heterocycles. The van der Waals surface area contributed by atoms with Crippen molar-refractivity contribution in [2.75, 3.05) is 23.8 Å². The zero-order valence-corrected chi connectivity index (χ0v) is 19.2. The molecule has 0 saturated carbocycles. The van der Waals surface area contributed by atoms with Gasteiger partial charge in [-0.15, -0.1) is 0 Å². The number of ether oxygens (including phenoxy) is 2. The number of nitrogens with one attached hydrogen (secondary N) is 2. The standard InChI is InChI=1S/C24H24N2O6S/c1-16-8-13-21(17(2)14-16)25-23(27)15-32-24(28)20-6-4-5-7-22(20)26-33(29,30)19-11-9-18(31-3)10-12-19/h4-14,26H,15H2,1-3H3,(H,25,27). The third kappa shape index (κ3) is 6.11. The number of sulfonamides is 1. The van der Waals surface area contributed by atoms with Gasteiger partial charge in [0.05, 0.1) is 23.3 Å². The van der Waals surface area contributed by atoms with Gasteiger partial charge in [0, 0.05) is 5.69 Å². The highest BCUT2D eigenvalue weighted by Crippen LogP contribution is 2.22. The van der Waals surface area contributed by atoms with Gasteiger partial charge in [0.2, 0.25) is 0 Å². The maximum atomic E-state index is 12.7. The third-order valence-electron chi connectivity index (χ3n) is 4.75. The van der Waals surface area contributed by atoms with E-state index in [1.54, 1.807) is 18.2 Å². The fourth-order valence-corrected chi connectivity index (χ4v) is 4.14. The number of hydrogen-bond donors (Lipinski definition) is 2. The van der Waals surface area contributed by atoms with Gasteiger partial charge in [0.15, 0.2) is 6.61 Å². The van der Waals surface area contributed by atoms with E-state index >= 15 is 0 Å². The van der Waals surface area contributed by atoms with Crippen LogP contribution in [-0.2, 0) is 19.6 Å². The van der Waals surface area contributed by atoms with Gasteiger partial charge in [-0.05, 0) is 61.9 Å². The van der Waals surface area contributed by atoms with E-state index in [9.17, 15) is 18.0 Å². The van der Waals surface area contributed by atoms with E-state index in [1.807, 2.05) is 26.0 Å². The first-order valence-electron chi connectivity index (χ1n) is 10.00. The number of para-hydroxylation sites is 1. The van der Waals surface area contributed by atoms with Gasteiger partial charge in [-0.1, -0.05) is 29.8 Å². The molecule has 0 aliphatic rings. The number of carbonyl (C=O) groups excluding carboxylic acids is 2. The molecule has 0 fully saturated rings. The van der Waals surface area contributed by atoms with Gasteiger partial charge in [-0.3, -0.25) is 9.52 Å². The molecule has 1 amide bonds. The van der Waals surface area contributed by atoms with Crippen molar-refractivity contribution < 1.29 is 27.5 Å². The topological polar surface area (TPSA) is 111 Å². The minimum Gasteiger partial charge on any atom is -0.497 e. The number of benzene rings is 3. The quantitative estimate of drug-likeness (QED) is 0.485. The summed E-state index contributed by atoms with van der Waals surface area (Å²) in [6.07, 6.45) is 0. The van der Waals surface area contributed by atoms with Crippen molar-refractivity contribution in [2.45, 2.75) is 18.7 Å². The lowest BCUT2D eigenvalue weighted by atomic mass is 10.1. The van der Waals surface area contributed by atoms with Crippen LogP contribution < -0.4 is 14.8 Å². The third-order valence-corrected chi connectivity index (χ3v) is 6.13. The van der Waals surface area contributed by atoms with E-state index in [-0.39, 0.29) is 16.1 Å². The highest BCUT2D eigenvalue weighted by Gasteiger charge is 2.20. The molecule has 0 radical (unpaired) electrons. The Morgan fingerprint density at radius 1 is 0.909 bits per heavy atom. The van der Waals surface area contributed by atoms with Crippen molar-refractivity contribution in [3.8, 4) is 5.75 Å². The van der Waals surface area contributed by atoms with Crippen LogP contribution in [0.5, 0.6) is 5.75 Å². The first kappa shape index (κ1) is 23.8. The fourth-order valence-electron chi connectivity index (χ4n) is 3.06. The molecule has 3 rings (SSSR count). The highest BCUT2D eigenvalue weighted by atomic mass is 32.2. The summed E-state index contributed by atoms with van der Waals surface area (Å²) >= 11 is 0. The van der Waals surface area contributed by atoms with E-state index in [0.29, 0.717) is 11.4 Å². The van der Waals surface area contributed by atoms with Crippen LogP contribution >= 0.6 is 0 Å². The summed E-state index contributed by atoms with van der Waals surface area (Å²) in [6, 6.07) is 17.4. The molecule has 0 aliphatic heterocycles. The molecule has 3 aromatic carbocycles. The Balaban J connectivity index is 1.68. The fraction of sp³-hybridized carbons (Fsp3) is 0.167. The Morgan fingerprint density at radius 2 is 1.61 bits per heavy atom. The number of amides is 1. The second kappa shape index (κ2) is 10.2. The highest BCUT2D eigenvalue weighted by molar-refractivity contribution is 7.92. The number of carbonyl (C=O) groups is 2. The second-order valence-electron chi connectivity index (χ2n) is 7.27. The number of hydrogen-bond acceptors (Lipinski definition) is 6. The molecule has 0 atom stereocenters. The van der Waals surface area contributed by atoms with Crippen LogP contribution in [0.3, 0.4) is 0 Å². The number of rotatable bonds is 8. The van der Waals surface area contributed by atoms with Crippen LogP contribution in [0, 0.1) is 13.8 Å². The van der Waals surface area contributed by atoms with Crippen molar-refractivity contribution in [1.82, 2.24) is 0 Å². The Bertz CT molecular complexity index is 1270. The van der Waals surface area contributed by atoms with Crippen molar-refractivity contribution in [3.63, 3.8) is 0 Å². The van der Waals surface area contributed by atoms with E-state index in [0.717, 1.165) is 11.1 Å². The van der Waals surface area contributed by atoms with Crippen LogP contribution in [0.15, 0.2) is 71.6 Å². The lowest BCUT2D eigenvalue weighted by molar-refractivity contribution is -0.119. The Hall–Kier alpha value is -3.85. The van der Waals surface area contributed by atoms with E-state index < -0.39 is 28.5 Å². The number of methoxy groups -OCH3 is 1. The van der Waals surface area contributed by atoms with Gasteiger partial charge in [0.25, 0.3) is 15.9 Å². The van der Waals surface area contributed by atoms with Crippen LogP contribution in [0.4, 0.5) is 11.4 Å². The van der Waals surface area contributed by atoms with Crippen LogP contribution in [-0.4, -0.2) is 34.0 Å². The predicted octanol–water partition coefficient (Wildman–Crippen LogP) is 3.91. The second-order valence-corrected chi connectivity index (χ2v) is 8.95. The van der Waals surface area contributed by atoms with Crippen molar-refractivity contribution in [3.05, 3.63) is 83.4 Å². The summed E-state index contributed by atoms with van der Waals surface area (Å²) in [5.41, 5.74) is 2.58. The Labute approximate surface area is 192 Å². The van der Waals surface area contributed by atoms with Gasteiger partial charge in [0.1, 0.15) is 5.75 Å². The molecule has 0 heterocycles. The van der Waals surface area contributed by atoms with Gasteiger partial charge >= 0.3 is 5.97 Å². The molecule has 2 N–H and O–H groups in total. The predicted molar refractivity (Wildman–Crippen MR) is 125 cm³/mol. The van der Waals surface area contributed by atoms with E-state index in [4.69, 9.17) is 9.47 Å². The van der Waals surface area contributed by atoms with Crippen molar-refractivity contribution in [1.29, 1.82) is 0 Å². The first-order chi connectivity index (χ1) is 15.7. The number of esters is 1. The van der Waals surface area contributed by atoms with Gasteiger partial charge < -0.3 is 14.8 Å². The lowest BCUT2D eigenvalue weighted by Gasteiger charge is -2.13. The molecule has 0 bridgehead atoms. The normalized spacial score (nSPS) is 10.9. The van der Waals surface area contributed by atoms with Gasteiger partial charge in [-0.25, -0.2) is 13.2 Å². The van der Waals surface area contributed by atoms with Crippen molar-refractivity contribution in [2.24, 2.45) is 0 Å². The summed E-state index contributed by atoms with van der Waals surface area (Å²) in [4.78, 5) is 24.8. The van der Waals surface area contributed by atoms with E-state index in [1.165, 1.54) is 43.5 Å². The van der Waals surface area contributed by atoms with Gasteiger partial charge in [-0.2, -0.15) is 0 Å². The first-order valence-corrected chi connectivity index (χ1v) is 11.5. The molecular weight excluding hydrogens is 444 g/mol. The zero-order chi connectivity index (χ0) is 24.0. The summed E-state index contributed by atoms with van der Waals surface area (Å²) in [5, 5.41) is 2.69. The average molecular weight is 469 g/mol. The number of anilines is 2. The number of aryl methyl sites for hydroxylation is 2. The van der Waals surface area contributed by atoms with E-state index in [2.05, 4.69) is 10.0 Å². The molecule has 0 unspecified atom stereocenters. The smallest absolute Gasteiger partial charge is 0.340 e. The monoisotopic (exact) mass is 468 g/mol. The maximum absolute atomic E-state index is 12.7. The maximum Gasteiger partial charge on any atom is 0.340 e. The van der Waals surface area contributed by atoms with Crippen LogP contribution in [0.1, 0.15) is 21.5 Å².